The number of ether oxygens (including phenoxy) is 1. The van der Waals surface area contributed by atoms with Crippen LogP contribution in [0.15, 0.2) is 48.8 Å². The lowest BCUT2D eigenvalue weighted by atomic mass is 9.98. The Kier molecular flexibility index (Phi) is 8.55. The van der Waals surface area contributed by atoms with E-state index in [0.29, 0.717) is 17.7 Å². The first-order chi connectivity index (χ1) is 19.0. The first-order valence-electron chi connectivity index (χ1n) is 12.7. The number of H-pyrrole nitrogens is 1. The van der Waals surface area contributed by atoms with Gasteiger partial charge in [0.15, 0.2) is 0 Å². The molecule has 0 fully saturated rings. The maximum Gasteiger partial charge on any atom is 0.406 e. The van der Waals surface area contributed by atoms with Crippen LogP contribution in [0.1, 0.15) is 36.8 Å². The zero-order valence-corrected chi connectivity index (χ0v) is 22.6. The molecular weight excluding hydrogens is 528 g/mol. The molecule has 212 valence electrons. The number of hydrogen-bond donors (Lipinski definition) is 1. The Labute approximate surface area is 229 Å². The highest BCUT2D eigenvalue weighted by molar-refractivity contribution is 5.96. The van der Waals surface area contributed by atoms with E-state index in [-0.39, 0.29) is 17.7 Å². The molecular formula is C28H30F4N6O2. The van der Waals surface area contributed by atoms with Crippen LogP contribution in [-0.4, -0.2) is 50.7 Å². The van der Waals surface area contributed by atoms with Gasteiger partial charge in [0.25, 0.3) is 0 Å². The zero-order valence-electron chi connectivity index (χ0n) is 22.6. The molecule has 1 N–H and O–H groups in total. The van der Waals surface area contributed by atoms with Crippen LogP contribution in [0.3, 0.4) is 0 Å². The minimum atomic E-state index is -4.51. The van der Waals surface area contributed by atoms with Crippen molar-refractivity contribution < 1.29 is 27.1 Å². The van der Waals surface area contributed by atoms with E-state index >= 15 is 0 Å². The Morgan fingerprint density at radius 3 is 2.52 bits per heavy atom. The number of hydrogen-bond acceptors (Lipinski definition) is 5. The molecule has 1 aliphatic heterocycles. The van der Waals surface area contributed by atoms with Gasteiger partial charge in [-0.3, -0.25) is 4.79 Å². The molecule has 3 heterocycles. The molecule has 5 rings (SSSR count). The maximum atomic E-state index is 13.8. The largest absolute Gasteiger partial charge is 0.495 e. The van der Waals surface area contributed by atoms with E-state index in [2.05, 4.69) is 20.4 Å². The summed E-state index contributed by atoms with van der Waals surface area (Å²) in [7, 11) is 1.66. The predicted octanol–water partition coefficient (Wildman–Crippen LogP) is 5.98. The maximum absolute atomic E-state index is 13.8. The topological polar surface area (TPSA) is 88.9 Å². The molecule has 12 heteroatoms. The standard InChI is InChI=1S/C14H15F4NO.C14H15N5O/c1-2-9-6-7-10-11(15)4-3-5-12(10)19(13(9)20)8-14(16,17)18;1-9-8-19(10(2)16-9)13-5-4-11(6-14(13)20-3)12-7-15-18-17-12/h3-5,9H,2,6-8H2,1H3;4-8H,1-3H3,(H,15,17,18)/t9-;/m0./s1. The second kappa shape index (κ2) is 11.9. The average Bonchev–Trinajstić information content (AvgIpc) is 3.54. The summed E-state index contributed by atoms with van der Waals surface area (Å²) in [4.78, 5) is 17.3. The van der Waals surface area contributed by atoms with Gasteiger partial charge in [-0.15, -0.1) is 0 Å². The van der Waals surface area contributed by atoms with Crippen LogP contribution in [0.5, 0.6) is 5.75 Å². The van der Waals surface area contributed by atoms with Gasteiger partial charge in [-0.25, -0.2) is 9.37 Å². The number of halogens is 4. The molecule has 0 bridgehead atoms. The fourth-order valence-electron chi connectivity index (χ4n) is 4.79. The highest BCUT2D eigenvalue weighted by Crippen LogP contribution is 2.34. The molecule has 1 atom stereocenters. The summed E-state index contributed by atoms with van der Waals surface area (Å²) in [5.41, 5.74) is 3.91. The third-order valence-corrected chi connectivity index (χ3v) is 6.73. The van der Waals surface area contributed by atoms with Crippen molar-refractivity contribution in [3.63, 3.8) is 0 Å². The third-order valence-electron chi connectivity index (χ3n) is 6.73. The first-order valence-corrected chi connectivity index (χ1v) is 12.7. The van der Waals surface area contributed by atoms with Crippen molar-refractivity contribution in [2.45, 2.75) is 46.2 Å². The number of amides is 1. The number of methoxy groups -OCH3 is 1. The fourth-order valence-corrected chi connectivity index (χ4v) is 4.79. The number of anilines is 1. The van der Waals surface area contributed by atoms with Gasteiger partial charge in [0, 0.05) is 23.2 Å². The normalized spacial score (nSPS) is 15.2. The van der Waals surface area contributed by atoms with Crippen LogP contribution in [0.25, 0.3) is 16.9 Å². The van der Waals surface area contributed by atoms with Crippen molar-refractivity contribution in [1.82, 2.24) is 25.0 Å². The molecule has 1 aliphatic rings. The number of aromatic nitrogens is 5. The van der Waals surface area contributed by atoms with E-state index in [1.807, 2.05) is 42.8 Å². The Balaban J connectivity index is 0.000000185. The fraction of sp³-hybridized carbons (Fsp3) is 0.357. The smallest absolute Gasteiger partial charge is 0.406 e. The third kappa shape index (κ3) is 6.32. The molecule has 4 aromatic rings. The number of carbonyl (C=O) groups excluding carboxylic acids is 1. The summed E-state index contributed by atoms with van der Waals surface area (Å²) in [6.07, 6.45) is 0.257. The van der Waals surface area contributed by atoms with E-state index in [0.717, 1.165) is 34.2 Å². The van der Waals surface area contributed by atoms with Gasteiger partial charge in [-0.2, -0.15) is 28.6 Å². The Bertz CT molecular complexity index is 1470. The molecule has 0 saturated carbocycles. The number of nitrogens with one attached hydrogen (secondary N) is 1. The van der Waals surface area contributed by atoms with Gasteiger partial charge in [0.05, 0.1) is 30.4 Å². The van der Waals surface area contributed by atoms with Gasteiger partial charge in [-0.1, -0.05) is 19.1 Å². The molecule has 1 amide bonds. The summed E-state index contributed by atoms with van der Waals surface area (Å²) in [6.45, 7) is 4.32. The lowest BCUT2D eigenvalue weighted by Gasteiger charge is -2.26. The highest BCUT2D eigenvalue weighted by Gasteiger charge is 2.38. The second-order valence-electron chi connectivity index (χ2n) is 9.46. The number of fused-ring (bicyclic) bond motifs is 1. The minimum absolute atomic E-state index is 0.0447. The van der Waals surface area contributed by atoms with Crippen molar-refractivity contribution in [3.8, 4) is 22.7 Å². The molecule has 0 aliphatic carbocycles. The number of aryl methyl sites for hydroxylation is 2. The molecule has 2 aromatic carbocycles. The summed E-state index contributed by atoms with van der Waals surface area (Å²) < 4.78 is 59.4. The average molecular weight is 559 g/mol. The Morgan fingerprint density at radius 2 is 1.93 bits per heavy atom. The molecule has 0 unspecified atom stereocenters. The number of aromatic amines is 1. The van der Waals surface area contributed by atoms with Crippen molar-refractivity contribution in [2.75, 3.05) is 18.6 Å². The summed E-state index contributed by atoms with van der Waals surface area (Å²) in [5.74, 6) is 0.0681. The molecule has 2 aromatic heterocycles. The van der Waals surface area contributed by atoms with Gasteiger partial charge in [0.1, 0.15) is 29.6 Å². The molecule has 8 nitrogen and oxygen atoms in total. The highest BCUT2D eigenvalue weighted by atomic mass is 19.4. The van der Waals surface area contributed by atoms with Crippen LogP contribution < -0.4 is 9.64 Å². The second-order valence-corrected chi connectivity index (χ2v) is 9.46. The van der Waals surface area contributed by atoms with E-state index in [1.54, 1.807) is 20.2 Å². The quantitative estimate of drug-likeness (QED) is 0.305. The first kappa shape index (κ1) is 28.8. The van der Waals surface area contributed by atoms with Crippen LogP contribution in [0, 0.1) is 25.6 Å². The predicted molar refractivity (Wildman–Crippen MR) is 142 cm³/mol. The molecule has 0 spiro atoms. The number of carbonyl (C=O) groups is 1. The summed E-state index contributed by atoms with van der Waals surface area (Å²) >= 11 is 0. The number of imidazole rings is 1. The van der Waals surface area contributed by atoms with Gasteiger partial charge < -0.3 is 14.2 Å². The Hall–Kier alpha value is -4.22. The van der Waals surface area contributed by atoms with Crippen LogP contribution >= 0.6 is 0 Å². The monoisotopic (exact) mass is 558 g/mol. The van der Waals surface area contributed by atoms with Crippen LogP contribution in [-0.2, 0) is 11.2 Å². The van der Waals surface area contributed by atoms with Crippen molar-refractivity contribution in [3.05, 3.63) is 71.7 Å². The van der Waals surface area contributed by atoms with Crippen molar-refractivity contribution in [1.29, 1.82) is 0 Å². The Morgan fingerprint density at radius 1 is 1.15 bits per heavy atom. The molecule has 40 heavy (non-hydrogen) atoms. The number of alkyl halides is 3. The number of nitrogens with zero attached hydrogens (tertiary/aromatic N) is 5. The van der Waals surface area contributed by atoms with Gasteiger partial charge in [0.2, 0.25) is 5.91 Å². The van der Waals surface area contributed by atoms with E-state index in [1.165, 1.54) is 18.2 Å². The van der Waals surface area contributed by atoms with E-state index in [4.69, 9.17) is 4.74 Å². The van der Waals surface area contributed by atoms with Gasteiger partial charge in [-0.05, 0) is 57.4 Å². The molecule has 0 saturated heterocycles. The number of benzene rings is 2. The lowest BCUT2D eigenvalue weighted by molar-refractivity contribution is -0.134. The SMILES string of the molecule is CC[C@H]1CCc2c(F)cccc2N(CC(F)(F)F)C1=O.COc1cc(-c2cn[nH]n2)ccc1-n1cc(C)nc1C. The number of rotatable bonds is 5. The lowest BCUT2D eigenvalue weighted by Crippen LogP contribution is -2.41. The van der Waals surface area contributed by atoms with Gasteiger partial charge >= 0.3 is 6.18 Å². The zero-order chi connectivity index (χ0) is 29.0. The molecule has 0 radical (unpaired) electrons. The van der Waals surface area contributed by atoms with Crippen molar-refractivity contribution >= 4 is 11.6 Å². The van der Waals surface area contributed by atoms with Crippen LogP contribution in [0.2, 0.25) is 0 Å². The van der Waals surface area contributed by atoms with Crippen molar-refractivity contribution in [2.24, 2.45) is 5.92 Å². The summed E-state index contributed by atoms with van der Waals surface area (Å²) in [6, 6.07) is 9.85. The minimum Gasteiger partial charge on any atom is -0.495 e. The van der Waals surface area contributed by atoms with Crippen LogP contribution in [0.4, 0.5) is 23.2 Å². The summed E-state index contributed by atoms with van der Waals surface area (Å²) in [5, 5.41) is 10.5. The van der Waals surface area contributed by atoms with E-state index in [9.17, 15) is 22.4 Å². The van der Waals surface area contributed by atoms with E-state index < -0.39 is 30.4 Å².